The van der Waals surface area contributed by atoms with Crippen LogP contribution in [0.1, 0.15) is 46.5 Å². The van der Waals surface area contributed by atoms with Crippen LogP contribution in [0, 0.1) is 12.8 Å². The van der Waals surface area contributed by atoms with E-state index < -0.39 is 17.9 Å². The largest absolute Gasteiger partial charge is 0.340 e. The second kappa shape index (κ2) is 9.90. The van der Waals surface area contributed by atoms with Crippen LogP contribution in [0.2, 0.25) is 5.02 Å². The van der Waals surface area contributed by atoms with Gasteiger partial charge in [-0.1, -0.05) is 43.6 Å². The summed E-state index contributed by atoms with van der Waals surface area (Å²) in [7, 11) is 0. The molecule has 3 amide bonds. The first-order valence-corrected chi connectivity index (χ1v) is 9.38. The molecule has 2 aromatic carbocycles. The van der Waals surface area contributed by atoms with Crippen molar-refractivity contribution in [3.05, 3.63) is 70.2 Å². The quantitative estimate of drug-likeness (QED) is 0.649. The molecule has 28 heavy (non-hydrogen) atoms. The number of hydrogen-bond acceptors (Lipinski definition) is 3. The maximum atomic E-state index is 12.6. The minimum Gasteiger partial charge on any atom is -0.340 e. The number of halogens is 1. The van der Waals surface area contributed by atoms with Gasteiger partial charge in [0.2, 0.25) is 0 Å². The highest BCUT2D eigenvalue weighted by Crippen LogP contribution is 2.11. The number of nitrogens with one attached hydrogen (secondary N) is 3. The molecule has 6 nitrogen and oxygen atoms in total. The average Bonchev–Trinajstić information content (AvgIpc) is 2.65. The van der Waals surface area contributed by atoms with Crippen LogP contribution in [0.3, 0.4) is 0 Å². The second-order valence-corrected chi connectivity index (χ2v) is 7.36. The Bertz CT molecular complexity index is 850. The van der Waals surface area contributed by atoms with Crippen LogP contribution < -0.4 is 16.2 Å². The Labute approximate surface area is 169 Å². The summed E-state index contributed by atoms with van der Waals surface area (Å²) in [5, 5.41) is 3.27. The van der Waals surface area contributed by atoms with Crippen molar-refractivity contribution in [1.82, 2.24) is 16.2 Å². The van der Waals surface area contributed by atoms with E-state index in [2.05, 4.69) is 16.2 Å². The highest BCUT2D eigenvalue weighted by molar-refractivity contribution is 6.30. The van der Waals surface area contributed by atoms with E-state index in [-0.39, 0.29) is 11.8 Å². The van der Waals surface area contributed by atoms with Gasteiger partial charge in [0.25, 0.3) is 17.7 Å². The third-order valence-corrected chi connectivity index (χ3v) is 4.38. The number of benzene rings is 2. The van der Waals surface area contributed by atoms with Crippen molar-refractivity contribution in [2.75, 3.05) is 0 Å². The zero-order valence-corrected chi connectivity index (χ0v) is 16.8. The molecule has 7 heteroatoms. The topological polar surface area (TPSA) is 87.3 Å². The number of hydrogen-bond donors (Lipinski definition) is 3. The third kappa shape index (κ3) is 6.09. The fourth-order valence-electron chi connectivity index (χ4n) is 2.65. The fraction of sp³-hybridized carbons (Fsp3) is 0.286. The fourth-order valence-corrected chi connectivity index (χ4v) is 2.77. The van der Waals surface area contributed by atoms with Gasteiger partial charge in [-0.2, -0.15) is 0 Å². The first kappa shape index (κ1) is 21.4. The molecule has 0 aliphatic rings. The van der Waals surface area contributed by atoms with E-state index in [0.29, 0.717) is 22.6 Å². The molecule has 0 aromatic heterocycles. The summed E-state index contributed by atoms with van der Waals surface area (Å²) in [4.78, 5) is 37.3. The highest BCUT2D eigenvalue weighted by Gasteiger charge is 2.23. The van der Waals surface area contributed by atoms with Gasteiger partial charge in [0.15, 0.2) is 0 Å². The standard InChI is InChI=1S/C21H24ClN3O3/c1-13(2)12-18(23-20(27)17-7-5-4-6-14(17)3)21(28)25-24-19(26)15-8-10-16(22)11-9-15/h4-11,13,18H,12H2,1-3H3,(H,23,27)(H,24,26)(H,25,28)/t18-/m1/s1. The van der Waals surface area contributed by atoms with Crippen LogP contribution in [-0.2, 0) is 4.79 Å². The van der Waals surface area contributed by atoms with Crippen molar-refractivity contribution < 1.29 is 14.4 Å². The smallest absolute Gasteiger partial charge is 0.269 e. The number of amides is 3. The lowest BCUT2D eigenvalue weighted by Gasteiger charge is -2.21. The summed E-state index contributed by atoms with van der Waals surface area (Å²) in [5.41, 5.74) is 6.43. The third-order valence-electron chi connectivity index (χ3n) is 4.12. The van der Waals surface area contributed by atoms with Crippen LogP contribution in [-0.4, -0.2) is 23.8 Å². The summed E-state index contributed by atoms with van der Waals surface area (Å²) in [6.07, 6.45) is 0.431. The molecule has 0 aliphatic heterocycles. The zero-order valence-electron chi connectivity index (χ0n) is 16.1. The lowest BCUT2D eigenvalue weighted by Crippen LogP contribution is -2.52. The van der Waals surface area contributed by atoms with Crippen molar-refractivity contribution in [2.45, 2.75) is 33.2 Å². The number of rotatable bonds is 6. The Morgan fingerprint density at radius 2 is 1.57 bits per heavy atom. The van der Waals surface area contributed by atoms with Crippen LogP contribution in [0.15, 0.2) is 48.5 Å². The molecule has 3 N–H and O–H groups in total. The van der Waals surface area contributed by atoms with Crippen molar-refractivity contribution in [1.29, 1.82) is 0 Å². The summed E-state index contributed by atoms with van der Waals surface area (Å²) < 4.78 is 0. The van der Waals surface area contributed by atoms with Gasteiger partial charge in [-0.15, -0.1) is 0 Å². The number of hydrazine groups is 1. The van der Waals surface area contributed by atoms with Gasteiger partial charge < -0.3 is 5.32 Å². The van der Waals surface area contributed by atoms with Gasteiger partial charge in [0.1, 0.15) is 6.04 Å². The van der Waals surface area contributed by atoms with Crippen LogP contribution >= 0.6 is 11.6 Å². The van der Waals surface area contributed by atoms with E-state index >= 15 is 0 Å². The summed E-state index contributed by atoms with van der Waals surface area (Å²) in [6.45, 7) is 5.73. The van der Waals surface area contributed by atoms with Gasteiger partial charge in [-0.25, -0.2) is 0 Å². The Balaban J connectivity index is 2.02. The highest BCUT2D eigenvalue weighted by atomic mass is 35.5. The minimum absolute atomic E-state index is 0.167. The lowest BCUT2D eigenvalue weighted by molar-refractivity contribution is -0.124. The van der Waals surface area contributed by atoms with E-state index in [1.807, 2.05) is 32.9 Å². The molecule has 2 rings (SSSR count). The number of carbonyl (C=O) groups is 3. The maximum absolute atomic E-state index is 12.6. The van der Waals surface area contributed by atoms with Crippen LogP contribution in [0.25, 0.3) is 0 Å². The first-order chi connectivity index (χ1) is 13.3. The van der Waals surface area contributed by atoms with Crippen molar-refractivity contribution in [3.63, 3.8) is 0 Å². The molecular weight excluding hydrogens is 378 g/mol. The van der Waals surface area contributed by atoms with Gasteiger partial charge in [-0.05, 0) is 55.2 Å². The molecule has 2 aromatic rings. The molecule has 0 unspecified atom stereocenters. The molecule has 0 radical (unpaired) electrons. The van der Waals surface area contributed by atoms with Crippen molar-refractivity contribution in [2.24, 2.45) is 5.92 Å². The van der Waals surface area contributed by atoms with Gasteiger partial charge in [0, 0.05) is 16.1 Å². The molecule has 0 fully saturated rings. The molecule has 0 bridgehead atoms. The van der Waals surface area contributed by atoms with E-state index in [4.69, 9.17) is 11.6 Å². The minimum atomic E-state index is -0.780. The normalized spacial score (nSPS) is 11.6. The van der Waals surface area contributed by atoms with Gasteiger partial charge in [0.05, 0.1) is 0 Å². The van der Waals surface area contributed by atoms with Gasteiger partial charge in [-0.3, -0.25) is 25.2 Å². The van der Waals surface area contributed by atoms with E-state index in [1.54, 1.807) is 36.4 Å². The van der Waals surface area contributed by atoms with Crippen LogP contribution in [0.4, 0.5) is 0 Å². The summed E-state index contributed by atoms with van der Waals surface area (Å²) >= 11 is 5.80. The van der Waals surface area contributed by atoms with E-state index in [9.17, 15) is 14.4 Å². The van der Waals surface area contributed by atoms with Crippen molar-refractivity contribution >= 4 is 29.3 Å². The van der Waals surface area contributed by atoms with Crippen LogP contribution in [0.5, 0.6) is 0 Å². The molecule has 0 spiro atoms. The predicted octanol–water partition coefficient (Wildman–Crippen LogP) is 3.25. The molecule has 148 valence electrons. The van der Waals surface area contributed by atoms with E-state index in [0.717, 1.165) is 5.56 Å². The molecule has 0 heterocycles. The Morgan fingerprint density at radius 3 is 2.18 bits per heavy atom. The monoisotopic (exact) mass is 401 g/mol. The average molecular weight is 402 g/mol. The SMILES string of the molecule is Cc1ccccc1C(=O)N[C@H](CC(C)C)C(=O)NNC(=O)c1ccc(Cl)cc1. The number of aryl methyl sites for hydroxylation is 1. The van der Waals surface area contributed by atoms with Gasteiger partial charge >= 0.3 is 0 Å². The first-order valence-electron chi connectivity index (χ1n) is 9.00. The summed E-state index contributed by atoms with van der Waals surface area (Å²) in [6, 6.07) is 12.6. The molecule has 0 saturated heterocycles. The van der Waals surface area contributed by atoms with E-state index in [1.165, 1.54) is 0 Å². The number of carbonyl (C=O) groups excluding carboxylic acids is 3. The predicted molar refractivity (Wildman–Crippen MR) is 109 cm³/mol. The molecule has 0 saturated carbocycles. The molecule has 1 atom stereocenters. The Hall–Kier alpha value is -2.86. The maximum Gasteiger partial charge on any atom is 0.269 e. The molecular formula is C21H24ClN3O3. The zero-order chi connectivity index (χ0) is 20.7. The Kier molecular flexibility index (Phi) is 7.58. The second-order valence-electron chi connectivity index (χ2n) is 6.92. The summed E-state index contributed by atoms with van der Waals surface area (Å²) in [5.74, 6) is -1.13. The lowest BCUT2D eigenvalue weighted by atomic mass is 10.0. The Morgan fingerprint density at radius 1 is 0.929 bits per heavy atom. The van der Waals surface area contributed by atoms with Crippen molar-refractivity contribution in [3.8, 4) is 0 Å². The molecule has 0 aliphatic carbocycles.